The van der Waals surface area contributed by atoms with Gasteiger partial charge in [0.15, 0.2) is 5.11 Å². The summed E-state index contributed by atoms with van der Waals surface area (Å²) in [5.41, 5.74) is -1.03. The van der Waals surface area contributed by atoms with Gasteiger partial charge in [0.25, 0.3) is 17.3 Å². The lowest BCUT2D eigenvalue weighted by Crippen LogP contribution is -2.34. The molecule has 0 bridgehead atoms. The van der Waals surface area contributed by atoms with E-state index in [1.165, 1.54) is 12.1 Å². The van der Waals surface area contributed by atoms with Gasteiger partial charge in [-0.15, -0.1) is 0 Å². The summed E-state index contributed by atoms with van der Waals surface area (Å²) in [5, 5.41) is 27.1. The summed E-state index contributed by atoms with van der Waals surface area (Å²) in [5.74, 6) is -0.852. The van der Waals surface area contributed by atoms with E-state index in [9.17, 15) is 25.0 Å². The first-order valence-electron chi connectivity index (χ1n) is 6.68. The Bertz CT molecular complexity index is 905. The largest absolute Gasteiger partial charge is 0.332 e. The molecular weight excluding hydrogens is 407 g/mol. The molecule has 0 atom stereocenters. The van der Waals surface area contributed by atoms with Crippen LogP contribution in [-0.4, -0.2) is 20.9 Å². The highest BCUT2D eigenvalue weighted by molar-refractivity contribution is 7.80. The van der Waals surface area contributed by atoms with E-state index in [4.69, 9.17) is 35.4 Å². The van der Waals surface area contributed by atoms with Gasteiger partial charge in [0.1, 0.15) is 0 Å². The molecule has 0 spiro atoms. The molecule has 26 heavy (non-hydrogen) atoms. The van der Waals surface area contributed by atoms with Crippen molar-refractivity contribution in [2.75, 3.05) is 5.32 Å². The average molecular weight is 415 g/mol. The van der Waals surface area contributed by atoms with Crippen LogP contribution in [0.5, 0.6) is 0 Å². The van der Waals surface area contributed by atoms with Gasteiger partial charge < -0.3 is 5.32 Å². The second-order valence-corrected chi connectivity index (χ2v) is 6.01. The molecular formula is C14H8Cl2N4O5S. The summed E-state index contributed by atoms with van der Waals surface area (Å²) in [6.07, 6.45) is 0. The Morgan fingerprint density at radius 2 is 1.54 bits per heavy atom. The van der Waals surface area contributed by atoms with Gasteiger partial charge in [-0.2, -0.15) is 0 Å². The number of rotatable bonds is 4. The maximum atomic E-state index is 12.2. The molecule has 0 saturated carbocycles. The SMILES string of the molecule is O=C(NC(=S)Nc1ccc(Cl)c(Cl)c1)c1cc([N+](=O)[O-])cc([N+](=O)[O-])c1. The van der Waals surface area contributed by atoms with Crippen LogP contribution in [0.4, 0.5) is 17.1 Å². The van der Waals surface area contributed by atoms with Crippen LogP contribution >= 0.6 is 35.4 Å². The van der Waals surface area contributed by atoms with Crippen LogP contribution in [0.15, 0.2) is 36.4 Å². The van der Waals surface area contributed by atoms with Crippen molar-refractivity contribution in [1.29, 1.82) is 0 Å². The first kappa shape index (κ1) is 19.5. The summed E-state index contributed by atoms with van der Waals surface area (Å²) >= 11 is 16.6. The van der Waals surface area contributed by atoms with E-state index in [1.807, 2.05) is 0 Å². The maximum Gasteiger partial charge on any atom is 0.277 e. The van der Waals surface area contributed by atoms with Crippen LogP contribution in [-0.2, 0) is 0 Å². The van der Waals surface area contributed by atoms with Gasteiger partial charge in [-0.3, -0.25) is 30.3 Å². The lowest BCUT2D eigenvalue weighted by atomic mass is 10.1. The zero-order chi connectivity index (χ0) is 19.4. The Labute approximate surface area is 161 Å². The Hall–Kier alpha value is -2.82. The topological polar surface area (TPSA) is 127 Å². The van der Waals surface area contributed by atoms with E-state index < -0.39 is 27.1 Å². The number of halogens is 2. The highest BCUT2D eigenvalue weighted by atomic mass is 35.5. The third kappa shape index (κ3) is 4.85. The summed E-state index contributed by atoms with van der Waals surface area (Å²) in [4.78, 5) is 32.2. The van der Waals surface area contributed by atoms with Crippen molar-refractivity contribution >= 4 is 63.5 Å². The monoisotopic (exact) mass is 414 g/mol. The highest BCUT2D eigenvalue weighted by Gasteiger charge is 2.20. The molecule has 0 aliphatic rings. The lowest BCUT2D eigenvalue weighted by molar-refractivity contribution is -0.394. The molecule has 2 N–H and O–H groups in total. The van der Waals surface area contributed by atoms with E-state index in [0.717, 1.165) is 18.2 Å². The van der Waals surface area contributed by atoms with Gasteiger partial charge in [0, 0.05) is 17.8 Å². The molecule has 0 aromatic heterocycles. The maximum absolute atomic E-state index is 12.2. The number of carbonyl (C=O) groups excluding carboxylic acids is 1. The van der Waals surface area contributed by atoms with E-state index in [0.29, 0.717) is 10.7 Å². The first-order chi connectivity index (χ1) is 12.2. The Balaban J connectivity index is 2.18. The number of nitrogens with zero attached hydrogens (tertiary/aromatic N) is 2. The third-order valence-electron chi connectivity index (χ3n) is 2.99. The minimum atomic E-state index is -0.852. The summed E-state index contributed by atoms with van der Waals surface area (Å²) in [6.45, 7) is 0. The quantitative estimate of drug-likeness (QED) is 0.440. The summed E-state index contributed by atoms with van der Waals surface area (Å²) in [7, 11) is 0. The standard InChI is InChI=1S/C14H8Cl2N4O5S/c15-11-2-1-8(5-12(11)16)17-14(26)18-13(21)7-3-9(19(22)23)6-10(4-7)20(24)25/h1-6H,(H2,17,18,21,26). The molecule has 0 unspecified atom stereocenters. The molecule has 1 amide bonds. The fraction of sp³-hybridized carbons (Fsp3) is 0. The molecule has 2 aromatic carbocycles. The number of nitro groups is 2. The van der Waals surface area contributed by atoms with E-state index in [1.54, 1.807) is 6.07 Å². The molecule has 0 aliphatic heterocycles. The molecule has 2 rings (SSSR count). The second kappa shape index (κ2) is 8.04. The van der Waals surface area contributed by atoms with Crippen LogP contribution in [0.2, 0.25) is 10.0 Å². The van der Waals surface area contributed by atoms with Crippen molar-refractivity contribution in [3.8, 4) is 0 Å². The molecule has 0 radical (unpaired) electrons. The molecule has 0 heterocycles. The number of amides is 1. The van der Waals surface area contributed by atoms with E-state index in [-0.39, 0.29) is 15.7 Å². The van der Waals surface area contributed by atoms with Crippen LogP contribution in [0.1, 0.15) is 10.4 Å². The number of thiocarbonyl (C=S) groups is 1. The number of nitro benzene ring substituents is 2. The van der Waals surface area contributed by atoms with E-state index >= 15 is 0 Å². The molecule has 2 aromatic rings. The van der Waals surface area contributed by atoms with Crippen LogP contribution in [0, 0.1) is 20.2 Å². The number of non-ortho nitro benzene ring substituents is 2. The van der Waals surface area contributed by atoms with Crippen LogP contribution in [0.3, 0.4) is 0 Å². The Morgan fingerprint density at radius 3 is 2.04 bits per heavy atom. The van der Waals surface area contributed by atoms with E-state index in [2.05, 4.69) is 10.6 Å². The second-order valence-electron chi connectivity index (χ2n) is 4.79. The van der Waals surface area contributed by atoms with Crippen molar-refractivity contribution in [1.82, 2.24) is 5.32 Å². The van der Waals surface area contributed by atoms with Crippen LogP contribution in [0.25, 0.3) is 0 Å². The van der Waals surface area contributed by atoms with Gasteiger partial charge in [-0.1, -0.05) is 23.2 Å². The average Bonchev–Trinajstić information content (AvgIpc) is 2.57. The normalized spacial score (nSPS) is 10.1. The van der Waals surface area contributed by atoms with Gasteiger partial charge in [-0.05, 0) is 30.4 Å². The van der Waals surface area contributed by atoms with Crippen molar-refractivity contribution in [2.24, 2.45) is 0 Å². The van der Waals surface area contributed by atoms with Gasteiger partial charge in [0.2, 0.25) is 0 Å². The van der Waals surface area contributed by atoms with Crippen molar-refractivity contribution in [3.05, 3.63) is 72.2 Å². The number of hydrogen-bond donors (Lipinski definition) is 2. The number of anilines is 1. The van der Waals surface area contributed by atoms with Gasteiger partial charge in [0.05, 0.1) is 31.5 Å². The highest BCUT2D eigenvalue weighted by Crippen LogP contribution is 2.25. The van der Waals surface area contributed by atoms with Crippen molar-refractivity contribution in [2.45, 2.75) is 0 Å². The molecule has 12 heteroatoms. The fourth-order valence-corrected chi connectivity index (χ4v) is 2.36. The zero-order valence-electron chi connectivity index (χ0n) is 12.6. The number of hydrogen-bond acceptors (Lipinski definition) is 6. The van der Waals surface area contributed by atoms with Gasteiger partial charge >= 0.3 is 0 Å². The number of benzene rings is 2. The first-order valence-corrected chi connectivity index (χ1v) is 7.85. The molecule has 0 fully saturated rings. The zero-order valence-corrected chi connectivity index (χ0v) is 14.9. The molecule has 0 saturated heterocycles. The molecule has 134 valence electrons. The lowest BCUT2D eigenvalue weighted by Gasteiger charge is -2.10. The number of nitrogens with one attached hydrogen (secondary N) is 2. The predicted molar refractivity (Wildman–Crippen MR) is 99.9 cm³/mol. The minimum absolute atomic E-state index is 0.137. The summed E-state index contributed by atoms with van der Waals surface area (Å²) in [6, 6.07) is 7.11. The molecule has 9 nitrogen and oxygen atoms in total. The Morgan fingerprint density at radius 1 is 0.962 bits per heavy atom. The Kier molecular flexibility index (Phi) is 6.03. The fourth-order valence-electron chi connectivity index (χ4n) is 1.85. The third-order valence-corrected chi connectivity index (χ3v) is 3.93. The number of carbonyl (C=O) groups is 1. The smallest absolute Gasteiger partial charge is 0.277 e. The van der Waals surface area contributed by atoms with Crippen molar-refractivity contribution in [3.63, 3.8) is 0 Å². The summed E-state index contributed by atoms with van der Waals surface area (Å²) < 4.78 is 0. The van der Waals surface area contributed by atoms with Crippen LogP contribution < -0.4 is 10.6 Å². The van der Waals surface area contributed by atoms with Gasteiger partial charge in [-0.25, -0.2) is 0 Å². The predicted octanol–water partition coefficient (Wildman–Crippen LogP) is 3.94. The molecule has 0 aliphatic carbocycles. The minimum Gasteiger partial charge on any atom is -0.332 e. The van der Waals surface area contributed by atoms with Crippen molar-refractivity contribution < 1.29 is 14.6 Å².